The SMILES string of the molecule is CC(C)(C)OC(=O)CCOCCOCCOCCOCCOCCOCCOCCOCCOCCNc1ccc([N+](=O)[O-])cc1[N+](=O)[O-]. The number of anilines is 1. The van der Waals surface area contributed by atoms with E-state index in [0.29, 0.717) is 112 Å². The van der Waals surface area contributed by atoms with E-state index in [1.807, 2.05) is 20.8 Å². The van der Waals surface area contributed by atoms with Crippen LogP contribution in [0.1, 0.15) is 27.2 Å². The molecule has 18 nitrogen and oxygen atoms in total. The highest BCUT2D eigenvalue weighted by molar-refractivity contribution is 5.69. The van der Waals surface area contributed by atoms with Gasteiger partial charge in [0.1, 0.15) is 11.3 Å². The Morgan fingerprint density at radius 1 is 0.592 bits per heavy atom. The van der Waals surface area contributed by atoms with Crippen LogP contribution in [-0.2, 0) is 52.2 Å². The molecule has 18 heteroatoms. The van der Waals surface area contributed by atoms with E-state index in [1.165, 1.54) is 12.1 Å². The lowest BCUT2D eigenvalue weighted by Crippen LogP contribution is -2.24. The van der Waals surface area contributed by atoms with Crippen LogP contribution in [-0.4, -0.2) is 147 Å². The fourth-order valence-electron chi connectivity index (χ4n) is 3.60. The minimum Gasteiger partial charge on any atom is -0.460 e. The molecule has 0 amide bonds. The van der Waals surface area contributed by atoms with E-state index in [0.717, 1.165) is 6.07 Å². The molecule has 0 aliphatic rings. The van der Waals surface area contributed by atoms with Crippen LogP contribution in [0.3, 0.4) is 0 Å². The Morgan fingerprint density at radius 2 is 0.959 bits per heavy atom. The van der Waals surface area contributed by atoms with E-state index in [4.69, 9.17) is 47.4 Å². The largest absolute Gasteiger partial charge is 0.460 e. The Balaban J connectivity index is 1.75. The Labute approximate surface area is 287 Å². The lowest BCUT2D eigenvalue weighted by molar-refractivity contribution is -0.393. The van der Waals surface area contributed by atoms with Gasteiger partial charge in [-0.25, -0.2) is 0 Å². The number of esters is 1. The summed E-state index contributed by atoms with van der Waals surface area (Å²) in [6, 6.07) is 3.42. The monoisotopic (exact) mass is 707 g/mol. The molecule has 49 heavy (non-hydrogen) atoms. The first-order chi connectivity index (χ1) is 23.6. The average Bonchev–Trinajstić information content (AvgIpc) is 3.04. The van der Waals surface area contributed by atoms with E-state index < -0.39 is 15.4 Å². The van der Waals surface area contributed by atoms with Crippen molar-refractivity contribution in [3.05, 3.63) is 38.4 Å². The van der Waals surface area contributed by atoms with Crippen molar-refractivity contribution >= 4 is 23.0 Å². The van der Waals surface area contributed by atoms with Crippen molar-refractivity contribution < 1.29 is 62.0 Å². The first-order valence-electron chi connectivity index (χ1n) is 16.2. The summed E-state index contributed by atoms with van der Waals surface area (Å²) in [6.45, 7) is 13.2. The van der Waals surface area contributed by atoms with Crippen LogP contribution in [0, 0.1) is 20.2 Å². The maximum Gasteiger partial charge on any atom is 0.308 e. The van der Waals surface area contributed by atoms with E-state index in [2.05, 4.69) is 5.32 Å². The molecule has 0 aliphatic heterocycles. The van der Waals surface area contributed by atoms with Crippen molar-refractivity contribution in [2.75, 3.05) is 131 Å². The Hall–Kier alpha value is -3.07. The van der Waals surface area contributed by atoms with Gasteiger partial charge in [0, 0.05) is 12.6 Å². The third kappa shape index (κ3) is 26.5. The highest BCUT2D eigenvalue weighted by Crippen LogP contribution is 2.28. The van der Waals surface area contributed by atoms with Crippen molar-refractivity contribution in [1.29, 1.82) is 0 Å². The van der Waals surface area contributed by atoms with Crippen molar-refractivity contribution in [1.82, 2.24) is 0 Å². The maximum atomic E-state index is 11.6. The molecule has 1 N–H and O–H groups in total. The number of hydrogen-bond acceptors (Lipinski definition) is 16. The zero-order valence-corrected chi connectivity index (χ0v) is 28.9. The normalized spacial score (nSPS) is 11.5. The molecule has 0 atom stereocenters. The number of nitrogens with zero attached hydrogens (tertiary/aromatic N) is 2. The summed E-state index contributed by atoms with van der Waals surface area (Å²) in [5.41, 5.74) is -1.02. The number of carbonyl (C=O) groups is 1. The summed E-state index contributed by atoms with van der Waals surface area (Å²) < 4.78 is 54.0. The summed E-state index contributed by atoms with van der Waals surface area (Å²) in [7, 11) is 0. The lowest BCUT2D eigenvalue weighted by Gasteiger charge is -2.19. The Kier molecular flexibility index (Phi) is 25.8. The van der Waals surface area contributed by atoms with Crippen LogP contribution in [0.2, 0.25) is 0 Å². The number of rotatable bonds is 33. The summed E-state index contributed by atoms with van der Waals surface area (Å²) in [5.74, 6) is -0.279. The molecule has 0 bridgehead atoms. The smallest absolute Gasteiger partial charge is 0.308 e. The molecule has 0 saturated carbocycles. The van der Waals surface area contributed by atoms with Crippen molar-refractivity contribution in [2.45, 2.75) is 32.8 Å². The molecule has 0 aromatic heterocycles. The molecular weight excluding hydrogens is 654 g/mol. The van der Waals surface area contributed by atoms with Gasteiger partial charge in [0.25, 0.3) is 11.4 Å². The topological polar surface area (TPSA) is 208 Å². The zero-order valence-electron chi connectivity index (χ0n) is 28.9. The van der Waals surface area contributed by atoms with Gasteiger partial charge >= 0.3 is 5.97 Å². The van der Waals surface area contributed by atoms with Gasteiger partial charge in [-0.1, -0.05) is 0 Å². The molecule has 0 fully saturated rings. The molecule has 0 saturated heterocycles. The second-order valence-electron chi connectivity index (χ2n) is 11.0. The van der Waals surface area contributed by atoms with Crippen LogP contribution in [0.15, 0.2) is 18.2 Å². The predicted octanol–water partition coefficient (Wildman–Crippen LogP) is 2.80. The highest BCUT2D eigenvalue weighted by Gasteiger charge is 2.19. The molecule has 0 spiro atoms. The zero-order chi connectivity index (χ0) is 36.0. The van der Waals surface area contributed by atoms with E-state index in [9.17, 15) is 25.0 Å². The summed E-state index contributed by atoms with van der Waals surface area (Å²) in [6.07, 6.45) is 0.217. The van der Waals surface area contributed by atoms with Gasteiger partial charge < -0.3 is 52.7 Å². The first kappa shape index (κ1) is 44.0. The van der Waals surface area contributed by atoms with Crippen LogP contribution >= 0.6 is 0 Å². The maximum absolute atomic E-state index is 11.6. The molecule has 1 rings (SSSR count). The van der Waals surface area contributed by atoms with E-state index in [-0.39, 0.29) is 42.6 Å². The van der Waals surface area contributed by atoms with Gasteiger partial charge in [-0.15, -0.1) is 0 Å². The fourth-order valence-corrected chi connectivity index (χ4v) is 3.60. The standard InChI is InChI=1S/C31H53N3O15/c1-31(2,3)49-30(35)6-8-40-10-12-42-14-16-44-18-20-46-22-24-48-25-23-47-21-19-45-17-15-43-13-11-41-9-7-32-28-5-4-27(33(36)37)26-29(28)34(38)39/h4-5,26,32H,6-25H2,1-3H3. The number of nitro groups is 2. The van der Waals surface area contributed by atoms with Gasteiger partial charge in [-0.3, -0.25) is 25.0 Å². The van der Waals surface area contributed by atoms with Crippen molar-refractivity contribution in [2.24, 2.45) is 0 Å². The van der Waals surface area contributed by atoms with Crippen LogP contribution in [0.4, 0.5) is 17.1 Å². The molecule has 0 heterocycles. The highest BCUT2D eigenvalue weighted by atomic mass is 16.6. The summed E-state index contributed by atoms with van der Waals surface area (Å²) in [4.78, 5) is 32.1. The number of nitrogens with one attached hydrogen (secondary N) is 1. The number of non-ortho nitro benzene ring substituents is 1. The second-order valence-corrected chi connectivity index (χ2v) is 11.0. The lowest BCUT2D eigenvalue weighted by atomic mass is 10.2. The third-order valence-corrected chi connectivity index (χ3v) is 5.80. The van der Waals surface area contributed by atoms with E-state index in [1.54, 1.807) is 0 Å². The first-order valence-corrected chi connectivity index (χ1v) is 16.2. The van der Waals surface area contributed by atoms with Gasteiger partial charge in [0.05, 0.1) is 141 Å². The summed E-state index contributed by atoms with van der Waals surface area (Å²) in [5, 5.41) is 24.8. The van der Waals surface area contributed by atoms with E-state index >= 15 is 0 Å². The number of carbonyl (C=O) groups excluding carboxylic acids is 1. The number of hydrogen-bond donors (Lipinski definition) is 1. The number of nitro benzene ring substituents is 2. The molecule has 1 aromatic carbocycles. The van der Waals surface area contributed by atoms with Crippen molar-refractivity contribution in [3.63, 3.8) is 0 Å². The minimum atomic E-state index is -0.684. The third-order valence-electron chi connectivity index (χ3n) is 5.80. The van der Waals surface area contributed by atoms with Crippen molar-refractivity contribution in [3.8, 4) is 0 Å². The molecule has 0 aliphatic carbocycles. The van der Waals surface area contributed by atoms with Crippen LogP contribution < -0.4 is 5.32 Å². The Bertz CT molecular complexity index is 1030. The number of benzene rings is 1. The van der Waals surface area contributed by atoms with Gasteiger partial charge in [-0.05, 0) is 26.8 Å². The van der Waals surface area contributed by atoms with Crippen LogP contribution in [0.25, 0.3) is 0 Å². The molecule has 0 unspecified atom stereocenters. The molecule has 1 aromatic rings. The predicted molar refractivity (Wildman–Crippen MR) is 176 cm³/mol. The fraction of sp³-hybridized carbons (Fsp3) is 0.774. The minimum absolute atomic E-state index is 0.182. The molecular formula is C31H53N3O15. The molecule has 282 valence electrons. The van der Waals surface area contributed by atoms with Gasteiger partial charge in [0.2, 0.25) is 0 Å². The second kappa shape index (κ2) is 28.7. The van der Waals surface area contributed by atoms with Crippen LogP contribution in [0.5, 0.6) is 0 Å². The average molecular weight is 708 g/mol. The van der Waals surface area contributed by atoms with Gasteiger partial charge in [0.15, 0.2) is 0 Å². The van der Waals surface area contributed by atoms with Gasteiger partial charge in [-0.2, -0.15) is 0 Å². The molecule has 0 radical (unpaired) electrons. The summed E-state index contributed by atoms with van der Waals surface area (Å²) >= 11 is 0. The quantitative estimate of drug-likeness (QED) is 0.0482. The Morgan fingerprint density at radius 3 is 1.31 bits per heavy atom. The number of ether oxygens (including phenoxy) is 10.